The molecule has 0 aromatic heterocycles. The van der Waals surface area contributed by atoms with E-state index in [1.54, 1.807) is 0 Å². The maximum absolute atomic E-state index is 10.4. The first-order valence-corrected chi connectivity index (χ1v) is 4.93. The van der Waals surface area contributed by atoms with Crippen LogP contribution in [0.25, 0.3) is 0 Å². The quantitative estimate of drug-likeness (QED) is 0.633. The van der Waals surface area contributed by atoms with E-state index >= 15 is 0 Å². The lowest BCUT2D eigenvalue weighted by Crippen LogP contribution is -2.32. The predicted molar refractivity (Wildman–Crippen MR) is 54.9 cm³/mol. The highest BCUT2D eigenvalue weighted by molar-refractivity contribution is 5.66. The number of rotatable bonds is 2. The van der Waals surface area contributed by atoms with Crippen molar-refractivity contribution in [3.63, 3.8) is 0 Å². The van der Waals surface area contributed by atoms with E-state index < -0.39 is 0 Å². The molecule has 1 unspecified atom stereocenters. The Kier molecular flexibility index (Phi) is 8.46. The van der Waals surface area contributed by atoms with Crippen LogP contribution in [0.1, 0.15) is 13.8 Å². The summed E-state index contributed by atoms with van der Waals surface area (Å²) in [5.41, 5.74) is 0. The minimum absolute atomic E-state index is 0.0763. The molecule has 1 fully saturated rings. The maximum Gasteiger partial charge on any atom is 0.302 e. The largest absolute Gasteiger partial charge is 0.469 e. The first-order chi connectivity index (χ1) is 7.56. The molecule has 1 aliphatic rings. The highest BCUT2D eigenvalue weighted by atomic mass is 16.6. The third-order valence-corrected chi connectivity index (χ3v) is 1.64. The molecule has 94 valence electrons. The molecule has 0 amide bonds. The summed E-state index contributed by atoms with van der Waals surface area (Å²) in [4.78, 5) is 20.0. The Balaban J connectivity index is 0.000000385. The van der Waals surface area contributed by atoms with E-state index in [2.05, 4.69) is 4.74 Å². The minimum atomic E-state index is -0.279. The zero-order valence-electron chi connectivity index (χ0n) is 9.86. The smallest absolute Gasteiger partial charge is 0.302 e. The van der Waals surface area contributed by atoms with Crippen molar-refractivity contribution in [1.29, 1.82) is 0 Å². The number of carbonyl (C=O) groups is 2. The average Bonchev–Trinajstić information content (AvgIpc) is 2.28. The van der Waals surface area contributed by atoms with Gasteiger partial charge in [0.15, 0.2) is 0 Å². The van der Waals surface area contributed by atoms with Gasteiger partial charge in [0.25, 0.3) is 0 Å². The first-order valence-electron chi connectivity index (χ1n) is 4.93. The zero-order valence-corrected chi connectivity index (χ0v) is 9.86. The highest BCUT2D eigenvalue weighted by Gasteiger charge is 2.14. The van der Waals surface area contributed by atoms with Crippen molar-refractivity contribution in [3.8, 4) is 0 Å². The number of hydrogen-bond acceptors (Lipinski definition) is 6. The second-order valence-electron chi connectivity index (χ2n) is 3.07. The number of carbonyl (C=O) groups excluding carboxylic acids is 2. The van der Waals surface area contributed by atoms with Gasteiger partial charge >= 0.3 is 11.9 Å². The molecule has 1 atom stereocenters. The molecule has 16 heavy (non-hydrogen) atoms. The molecule has 1 rings (SSSR count). The van der Waals surface area contributed by atoms with Gasteiger partial charge in [-0.2, -0.15) is 0 Å². The summed E-state index contributed by atoms with van der Waals surface area (Å²) in [7, 11) is 1.35. The summed E-state index contributed by atoms with van der Waals surface area (Å²) in [5.74, 6) is -0.524. The first kappa shape index (κ1) is 14.9. The molecule has 0 bridgehead atoms. The standard InChI is InChI=1S/C7H12O4.C3H6O2/c1-6(8)11-5-7-4-9-2-3-10-7;1-3(4)5-2/h7H,2-5H2,1H3;1-2H3. The molecule has 0 N–H and O–H groups in total. The minimum Gasteiger partial charge on any atom is -0.469 e. The molecule has 0 spiro atoms. The molecule has 1 aliphatic heterocycles. The summed E-state index contributed by atoms with van der Waals surface area (Å²) in [5, 5.41) is 0. The fourth-order valence-electron chi connectivity index (χ4n) is 0.843. The summed E-state index contributed by atoms with van der Waals surface area (Å²) in [6, 6.07) is 0. The summed E-state index contributed by atoms with van der Waals surface area (Å²) < 4.78 is 19.2. The molecule has 0 aliphatic carbocycles. The molecule has 0 aromatic carbocycles. The maximum atomic E-state index is 10.4. The van der Waals surface area contributed by atoms with Crippen molar-refractivity contribution >= 4 is 11.9 Å². The normalized spacial score (nSPS) is 19.1. The van der Waals surface area contributed by atoms with Crippen LogP contribution in [-0.4, -0.2) is 51.6 Å². The Hall–Kier alpha value is -1.14. The number of hydrogen-bond donors (Lipinski definition) is 0. The van der Waals surface area contributed by atoms with Gasteiger partial charge in [-0.1, -0.05) is 0 Å². The zero-order chi connectivity index (χ0) is 12.4. The average molecular weight is 234 g/mol. The van der Waals surface area contributed by atoms with Gasteiger partial charge in [-0.3, -0.25) is 9.59 Å². The molecule has 1 saturated heterocycles. The molecular weight excluding hydrogens is 216 g/mol. The second-order valence-corrected chi connectivity index (χ2v) is 3.07. The van der Waals surface area contributed by atoms with Gasteiger partial charge in [0.05, 0.1) is 26.9 Å². The van der Waals surface area contributed by atoms with Crippen LogP contribution in [0, 0.1) is 0 Å². The van der Waals surface area contributed by atoms with Gasteiger partial charge in [-0.25, -0.2) is 0 Å². The van der Waals surface area contributed by atoms with Crippen molar-refractivity contribution in [2.75, 3.05) is 33.5 Å². The number of ether oxygens (including phenoxy) is 4. The van der Waals surface area contributed by atoms with Gasteiger partial charge < -0.3 is 18.9 Å². The van der Waals surface area contributed by atoms with Crippen molar-refractivity contribution in [2.45, 2.75) is 20.0 Å². The Bertz CT molecular complexity index is 209. The molecule has 0 radical (unpaired) electrons. The third kappa shape index (κ3) is 9.42. The van der Waals surface area contributed by atoms with Crippen LogP contribution in [0.2, 0.25) is 0 Å². The lowest BCUT2D eigenvalue weighted by molar-refractivity contribution is -0.153. The van der Waals surface area contributed by atoms with Gasteiger partial charge in [0.2, 0.25) is 0 Å². The van der Waals surface area contributed by atoms with Crippen LogP contribution < -0.4 is 0 Å². The Morgan fingerprint density at radius 1 is 1.25 bits per heavy atom. The Morgan fingerprint density at radius 3 is 2.25 bits per heavy atom. The number of esters is 2. The lowest BCUT2D eigenvalue weighted by Gasteiger charge is -2.22. The highest BCUT2D eigenvalue weighted by Crippen LogP contribution is 2.00. The SMILES string of the molecule is CC(=O)OCC1COCCO1.COC(C)=O. The van der Waals surface area contributed by atoms with E-state index in [4.69, 9.17) is 14.2 Å². The van der Waals surface area contributed by atoms with Gasteiger partial charge in [0.1, 0.15) is 12.7 Å². The van der Waals surface area contributed by atoms with E-state index in [-0.39, 0.29) is 18.0 Å². The fraction of sp³-hybridized carbons (Fsp3) is 0.800. The molecule has 0 aromatic rings. The van der Waals surface area contributed by atoms with Crippen LogP contribution in [0.4, 0.5) is 0 Å². The second kappa shape index (κ2) is 9.11. The fourth-order valence-corrected chi connectivity index (χ4v) is 0.843. The van der Waals surface area contributed by atoms with Gasteiger partial charge in [0, 0.05) is 13.8 Å². The van der Waals surface area contributed by atoms with Crippen molar-refractivity contribution in [3.05, 3.63) is 0 Å². The monoisotopic (exact) mass is 234 g/mol. The van der Waals surface area contributed by atoms with Crippen molar-refractivity contribution in [1.82, 2.24) is 0 Å². The predicted octanol–water partition coefficient (Wildman–Crippen LogP) is 0.144. The van der Waals surface area contributed by atoms with E-state index in [1.165, 1.54) is 21.0 Å². The third-order valence-electron chi connectivity index (χ3n) is 1.64. The molecule has 1 heterocycles. The Morgan fingerprint density at radius 2 is 1.88 bits per heavy atom. The summed E-state index contributed by atoms with van der Waals surface area (Å²) in [6.07, 6.45) is -0.0763. The molecular formula is C10H18O6. The van der Waals surface area contributed by atoms with Crippen LogP contribution in [0.5, 0.6) is 0 Å². The van der Waals surface area contributed by atoms with Crippen LogP contribution in [0.3, 0.4) is 0 Å². The molecule has 0 saturated carbocycles. The summed E-state index contributed by atoms with van der Waals surface area (Å²) in [6.45, 7) is 4.79. The van der Waals surface area contributed by atoms with E-state index in [0.717, 1.165) is 0 Å². The topological polar surface area (TPSA) is 71.1 Å². The molecule has 6 nitrogen and oxygen atoms in total. The van der Waals surface area contributed by atoms with E-state index in [9.17, 15) is 9.59 Å². The van der Waals surface area contributed by atoms with Gasteiger partial charge in [-0.15, -0.1) is 0 Å². The van der Waals surface area contributed by atoms with Crippen LogP contribution >= 0.6 is 0 Å². The van der Waals surface area contributed by atoms with E-state index in [0.29, 0.717) is 26.4 Å². The van der Waals surface area contributed by atoms with Gasteiger partial charge in [-0.05, 0) is 0 Å². The number of methoxy groups -OCH3 is 1. The van der Waals surface area contributed by atoms with Crippen LogP contribution in [0.15, 0.2) is 0 Å². The van der Waals surface area contributed by atoms with Crippen molar-refractivity contribution in [2.24, 2.45) is 0 Å². The van der Waals surface area contributed by atoms with E-state index in [1.807, 2.05) is 0 Å². The summed E-state index contributed by atoms with van der Waals surface area (Å²) >= 11 is 0. The van der Waals surface area contributed by atoms with Crippen LogP contribution in [-0.2, 0) is 28.5 Å². The lowest BCUT2D eigenvalue weighted by atomic mass is 10.4. The molecule has 6 heteroatoms. The Labute approximate surface area is 94.8 Å². The van der Waals surface area contributed by atoms with Crippen molar-refractivity contribution < 1.29 is 28.5 Å².